The zero-order chi connectivity index (χ0) is 14.5. The number of hydrogen-bond donors (Lipinski definition) is 1. The molecule has 1 atom stereocenters. The van der Waals surface area contributed by atoms with Crippen LogP contribution in [0, 0.1) is 13.8 Å². The van der Waals surface area contributed by atoms with Crippen LogP contribution in [-0.2, 0) is 4.74 Å². The molecule has 0 radical (unpaired) electrons. The summed E-state index contributed by atoms with van der Waals surface area (Å²) >= 11 is 0. The van der Waals surface area contributed by atoms with Gasteiger partial charge in [0, 0.05) is 18.2 Å². The van der Waals surface area contributed by atoms with Crippen molar-refractivity contribution in [2.75, 3.05) is 20.3 Å². The van der Waals surface area contributed by atoms with E-state index in [9.17, 15) is 5.11 Å². The number of ether oxygens (including phenoxy) is 2. The lowest BCUT2D eigenvalue weighted by Crippen LogP contribution is -2.08. The molecule has 0 spiro atoms. The molecule has 0 aliphatic carbocycles. The maximum Gasteiger partial charge on any atom is 0.125 e. The average Bonchev–Trinajstić information content (AvgIpc) is 2.78. The lowest BCUT2D eigenvalue weighted by atomic mass is 10.0. The number of furan rings is 1. The molecule has 0 aliphatic rings. The van der Waals surface area contributed by atoms with Crippen LogP contribution < -0.4 is 4.74 Å². The summed E-state index contributed by atoms with van der Waals surface area (Å²) in [6.07, 6.45) is -0.758. The molecule has 1 aromatic carbocycles. The van der Waals surface area contributed by atoms with Crippen molar-refractivity contribution in [1.82, 2.24) is 0 Å². The van der Waals surface area contributed by atoms with E-state index in [1.807, 2.05) is 44.2 Å². The van der Waals surface area contributed by atoms with Crippen LogP contribution in [0.3, 0.4) is 0 Å². The second-order valence-electron chi connectivity index (χ2n) is 4.65. The highest BCUT2D eigenvalue weighted by atomic mass is 16.5. The van der Waals surface area contributed by atoms with Crippen molar-refractivity contribution < 1.29 is 19.0 Å². The van der Waals surface area contributed by atoms with Crippen LogP contribution in [-0.4, -0.2) is 25.4 Å². The predicted molar refractivity (Wildman–Crippen MR) is 76.1 cm³/mol. The highest BCUT2D eigenvalue weighted by Crippen LogP contribution is 2.32. The molecule has 0 amide bonds. The van der Waals surface area contributed by atoms with Crippen molar-refractivity contribution in [3.63, 3.8) is 0 Å². The van der Waals surface area contributed by atoms with Crippen molar-refractivity contribution in [2.24, 2.45) is 0 Å². The molecule has 1 N–H and O–H groups in total. The van der Waals surface area contributed by atoms with Crippen LogP contribution >= 0.6 is 0 Å². The average molecular weight is 276 g/mol. The standard InChI is InChI=1S/C16H20O4/c1-11-10-14(12(2)20-11)16(17)13-6-4-5-7-15(13)19-9-8-18-3/h4-7,10,16-17H,8-9H2,1-3H3. The Balaban J connectivity index is 2.25. The first-order valence-electron chi connectivity index (χ1n) is 6.59. The minimum Gasteiger partial charge on any atom is -0.491 e. The third-order valence-electron chi connectivity index (χ3n) is 3.13. The summed E-state index contributed by atoms with van der Waals surface area (Å²) < 4.78 is 16.1. The zero-order valence-corrected chi connectivity index (χ0v) is 12.1. The summed E-state index contributed by atoms with van der Waals surface area (Å²) in [6, 6.07) is 9.31. The SMILES string of the molecule is COCCOc1ccccc1C(O)c1cc(C)oc1C. The number of rotatable bonds is 6. The molecule has 20 heavy (non-hydrogen) atoms. The minimum absolute atomic E-state index is 0.448. The van der Waals surface area contributed by atoms with Gasteiger partial charge in [-0.2, -0.15) is 0 Å². The van der Waals surface area contributed by atoms with Gasteiger partial charge in [0.25, 0.3) is 0 Å². The summed E-state index contributed by atoms with van der Waals surface area (Å²) in [5.74, 6) is 2.17. The Kier molecular flexibility index (Phi) is 4.82. The van der Waals surface area contributed by atoms with Crippen molar-refractivity contribution in [3.8, 4) is 5.75 Å². The molecule has 0 saturated carbocycles. The van der Waals surface area contributed by atoms with Crippen LogP contribution in [0.1, 0.15) is 28.8 Å². The van der Waals surface area contributed by atoms with Gasteiger partial charge in [-0.3, -0.25) is 0 Å². The second kappa shape index (κ2) is 6.59. The number of hydrogen-bond acceptors (Lipinski definition) is 4. The van der Waals surface area contributed by atoms with Crippen LogP contribution in [0.4, 0.5) is 0 Å². The molecule has 1 aromatic heterocycles. The van der Waals surface area contributed by atoms with E-state index in [4.69, 9.17) is 13.9 Å². The summed E-state index contributed by atoms with van der Waals surface area (Å²) in [7, 11) is 1.63. The van der Waals surface area contributed by atoms with Crippen LogP contribution in [0.15, 0.2) is 34.7 Å². The van der Waals surface area contributed by atoms with Crippen molar-refractivity contribution in [3.05, 3.63) is 53.0 Å². The topological polar surface area (TPSA) is 51.8 Å². The first kappa shape index (κ1) is 14.6. The summed E-state index contributed by atoms with van der Waals surface area (Å²) in [5.41, 5.74) is 1.50. The molecule has 2 aromatic rings. The van der Waals surface area contributed by atoms with E-state index in [-0.39, 0.29) is 0 Å². The van der Waals surface area contributed by atoms with Crippen LogP contribution in [0.25, 0.3) is 0 Å². The van der Waals surface area contributed by atoms with E-state index in [0.29, 0.717) is 19.0 Å². The third-order valence-corrected chi connectivity index (χ3v) is 3.13. The second-order valence-corrected chi connectivity index (χ2v) is 4.65. The smallest absolute Gasteiger partial charge is 0.125 e. The van der Waals surface area contributed by atoms with E-state index in [0.717, 1.165) is 22.6 Å². The Bertz CT molecular complexity index is 559. The summed E-state index contributed by atoms with van der Waals surface area (Å²) in [5, 5.41) is 10.6. The third kappa shape index (κ3) is 3.21. The van der Waals surface area contributed by atoms with Gasteiger partial charge in [0.05, 0.1) is 6.61 Å². The number of benzene rings is 1. The van der Waals surface area contributed by atoms with Crippen molar-refractivity contribution in [1.29, 1.82) is 0 Å². The van der Waals surface area contributed by atoms with Gasteiger partial charge in [-0.05, 0) is 26.0 Å². The normalized spacial score (nSPS) is 12.4. The van der Waals surface area contributed by atoms with Crippen LogP contribution in [0.2, 0.25) is 0 Å². The van der Waals surface area contributed by atoms with Gasteiger partial charge < -0.3 is 19.0 Å². The van der Waals surface area contributed by atoms with Crippen molar-refractivity contribution >= 4 is 0 Å². The van der Waals surface area contributed by atoms with E-state index in [1.54, 1.807) is 7.11 Å². The number of methoxy groups -OCH3 is 1. The Hall–Kier alpha value is -1.78. The Morgan fingerprint density at radius 2 is 1.90 bits per heavy atom. The molecule has 108 valence electrons. The summed E-state index contributed by atoms with van der Waals surface area (Å²) in [6.45, 7) is 4.67. The van der Waals surface area contributed by atoms with Gasteiger partial charge in [0.1, 0.15) is 30.0 Å². The molecular formula is C16H20O4. The molecule has 0 fully saturated rings. The van der Waals surface area contributed by atoms with Gasteiger partial charge in [-0.15, -0.1) is 0 Å². The van der Waals surface area contributed by atoms with Gasteiger partial charge in [0.15, 0.2) is 0 Å². The number of aryl methyl sites for hydroxylation is 2. The number of aliphatic hydroxyl groups is 1. The number of para-hydroxylation sites is 1. The van der Waals surface area contributed by atoms with E-state index in [2.05, 4.69) is 0 Å². The van der Waals surface area contributed by atoms with Gasteiger partial charge in [0.2, 0.25) is 0 Å². The van der Waals surface area contributed by atoms with Gasteiger partial charge >= 0.3 is 0 Å². The van der Waals surface area contributed by atoms with E-state index >= 15 is 0 Å². The highest BCUT2D eigenvalue weighted by Gasteiger charge is 2.19. The van der Waals surface area contributed by atoms with Gasteiger partial charge in [-0.1, -0.05) is 18.2 Å². The minimum atomic E-state index is -0.758. The van der Waals surface area contributed by atoms with Gasteiger partial charge in [-0.25, -0.2) is 0 Å². The Morgan fingerprint density at radius 1 is 1.15 bits per heavy atom. The molecule has 1 unspecified atom stereocenters. The largest absolute Gasteiger partial charge is 0.491 e. The quantitative estimate of drug-likeness (QED) is 0.824. The molecule has 2 rings (SSSR count). The van der Waals surface area contributed by atoms with E-state index in [1.165, 1.54) is 0 Å². The number of aliphatic hydroxyl groups excluding tert-OH is 1. The molecule has 4 nitrogen and oxygen atoms in total. The fraction of sp³-hybridized carbons (Fsp3) is 0.375. The monoisotopic (exact) mass is 276 g/mol. The maximum atomic E-state index is 10.6. The Labute approximate surface area is 118 Å². The predicted octanol–water partition coefficient (Wildman–Crippen LogP) is 3.00. The molecular weight excluding hydrogens is 256 g/mol. The fourth-order valence-corrected chi connectivity index (χ4v) is 2.16. The van der Waals surface area contributed by atoms with E-state index < -0.39 is 6.10 Å². The fourth-order valence-electron chi connectivity index (χ4n) is 2.16. The van der Waals surface area contributed by atoms with Crippen molar-refractivity contribution in [2.45, 2.75) is 20.0 Å². The molecule has 0 saturated heterocycles. The highest BCUT2D eigenvalue weighted by molar-refractivity contribution is 5.41. The zero-order valence-electron chi connectivity index (χ0n) is 12.1. The Morgan fingerprint density at radius 3 is 2.55 bits per heavy atom. The lowest BCUT2D eigenvalue weighted by molar-refractivity contribution is 0.142. The maximum absolute atomic E-state index is 10.6. The molecule has 1 heterocycles. The molecule has 4 heteroatoms. The molecule has 0 bridgehead atoms. The molecule has 0 aliphatic heterocycles. The first-order chi connectivity index (χ1) is 9.63. The first-order valence-corrected chi connectivity index (χ1v) is 6.59. The lowest BCUT2D eigenvalue weighted by Gasteiger charge is -2.15. The summed E-state index contributed by atoms with van der Waals surface area (Å²) in [4.78, 5) is 0. The van der Waals surface area contributed by atoms with Crippen LogP contribution in [0.5, 0.6) is 5.75 Å².